The van der Waals surface area contributed by atoms with Gasteiger partial charge >= 0.3 is 11.9 Å². The summed E-state index contributed by atoms with van der Waals surface area (Å²) in [4.78, 5) is 51.5. The third kappa shape index (κ3) is 5.17. The Hall–Kier alpha value is -4.63. The fourth-order valence-corrected chi connectivity index (χ4v) is 3.80. The molecule has 3 aromatic rings. The van der Waals surface area contributed by atoms with Crippen LogP contribution in [0.25, 0.3) is 0 Å². The number of nitrogens with zero attached hydrogens (tertiary/aromatic N) is 1. The van der Waals surface area contributed by atoms with E-state index in [1.165, 1.54) is 43.5 Å². The lowest BCUT2D eigenvalue weighted by molar-refractivity contribution is -0.120. The topological polar surface area (TPSA) is 111 Å². The summed E-state index contributed by atoms with van der Waals surface area (Å²) in [5.41, 5.74) is 0.547. The van der Waals surface area contributed by atoms with Gasteiger partial charge in [-0.05, 0) is 55.5 Å². The molecule has 9 nitrogen and oxygen atoms in total. The fraction of sp³-hybridized carbons (Fsp3) is 0.111. The first kappa shape index (κ1) is 25.5. The molecule has 0 atom stereocenters. The number of ether oxygens (including phenoxy) is 3. The number of benzene rings is 3. The minimum Gasteiger partial charge on any atom is -0.490 e. The van der Waals surface area contributed by atoms with Gasteiger partial charge in [-0.1, -0.05) is 35.9 Å². The molecule has 10 heteroatoms. The van der Waals surface area contributed by atoms with Crippen molar-refractivity contribution in [1.29, 1.82) is 0 Å². The highest BCUT2D eigenvalue weighted by atomic mass is 35.5. The average molecular weight is 521 g/mol. The molecule has 0 saturated heterocycles. The van der Waals surface area contributed by atoms with E-state index in [1.807, 2.05) is 6.92 Å². The molecule has 37 heavy (non-hydrogen) atoms. The molecule has 1 aliphatic rings. The van der Waals surface area contributed by atoms with Crippen molar-refractivity contribution in [3.63, 3.8) is 0 Å². The summed E-state index contributed by atoms with van der Waals surface area (Å²) < 4.78 is 15.7. The summed E-state index contributed by atoms with van der Waals surface area (Å²) >= 11 is 6.20. The Morgan fingerprint density at radius 1 is 0.865 bits per heavy atom. The summed E-state index contributed by atoms with van der Waals surface area (Å²) in [6.07, 6.45) is 0. The van der Waals surface area contributed by atoms with E-state index in [0.717, 1.165) is 4.90 Å². The number of carbonyl (C=O) groups is 4. The molecule has 4 rings (SSSR count). The Bertz CT molecular complexity index is 1420. The first-order valence-corrected chi connectivity index (χ1v) is 11.5. The molecule has 0 aromatic heterocycles. The molecule has 1 aliphatic heterocycles. The minimum absolute atomic E-state index is 0.0335. The van der Waals surface area contributed by atoms with Gasteiger partial charge in [-0.15, -0.1) is 0 Å². The van der Waals surface area contributed by atoms with Crippen LogP contribution >= 0.6 is 11.6 Å². The summed E-state index contributed by atoms with van der Waals surface area (Å²) in [6.45, 7) is 2.24. The number of para-hydroxylation sites is 3. The van der Waals surface area contributed by atoms with Crippen LogP contribution in [-0.2, 0) is 14.3 Å². The molecule has 0 aliphatic carbocycles. The number of hydrogen-bond donors (Lipinski definition) is 1. The van der Waals surface area contributed by atoms with E-state index in [1.54, 1.807) is 36.4 Å². The highest BCUT2D eigenvalue weighted by molar-refractivity contribution is 6.53. The van der Waals surface area contributed by atoms with Crippen LogP contribution < -0.4 is 19.7 Å². The summed E-state index contributed by atoms with van der Waals surface area (Å²) in [5, 5.41) is 2.48. The molecule has 0 fully saturated rings. The van der Waals surface area contributed by atoms with Crippen molar-refractivity contribution < 1.29 is 33.4 Å². The highest BCUT2D eigenvalue weighted by Gasteiger charge is 2.40. The normalized spacial score (nSPS) is 13.0. The van der Waals surface area contributed by atoms with Crippen molar-refractivity contribution in [2.45, 2.75) is 6.92 Å². The van der Waals surface area contributed by atoms with Crippen LogP contribution in [0.15, 0.2) is 83.5 Å². The van der Waals surface area contributed by atoms with E-state index in [2.05, 4.69) is 5.32 Å². The molecule has 0 unspecified atom stereocenters. The van der Waals surface area contributed by atoms with Crippen molar-refractivity contribution >= 4 is 46.7 Å². The third-order valence-electron chi connectivity index (χ3n) is 5.32. The van der Waals surface area contributed by atoms with E-state index < -0.39 is 23.8 Å². The SMILES string of the molecule is CCOc1ccccc1OC(=O)c1ccc(NC2=C(Cl)C(=O)N(c3ccccc3C(=O)OC)C2=O)cc1. The van der Waals surface area contributed by atoms with Gasteiger partial charge < -0.3 is 19.5 Å². The van der Waals surface area contributed by atoms with Crippen LogP contribution in [0.4, 0.5) is 11.4 Å². The molecule has 0 radical (unpaired) electrons. The molecule has 3 aromatic carbocycles. The van der Waals surface area contributed by atoms with E-state index in [0.29, 0.717) is 18.0 Å². The molecular formula is C27H21ClN2O7. The van der Waals surface area contributed by atoms with Gasteiger partial charge in [0.05, 0.1) is 30.5 Å². The number of hydrogen-bond acceptors (Lipinski definition) is 8. The van der Waals surface area contributed by atoms with Crippen LogP contribution in [-0.4, -0.2) is 37.5 Å². The summed E-state index contributed by atoms with van der Waals surface area (Å²) in [5.74, 6) is -2.12. The number of halogens is 1. The van der Waals surface area contributed by atoms with Crippen molar-refractivity contribution in [2.75, 3.05) is 23.9 Å². The molecule has 1 heterocycles. The van der Waals surface area contributed by atoms with Crippen LogP contribution in [0.3, 0.4) is 0 Å². The van der Waals surface area contributed by atoms with Crippen LogP contribution in [0.1, 0.15) is 27.6 Å². The lowest BCUT2D eigenvalue weighted by Crippen LogP contribution is -2.33. The first-order chi connectivity index (χ1) is 17.8. The zero-order chi connectivity index (χ0) is 26.5. The number of esters is 2. The number of nitrogens with one attached hydrogen (secondary N) is 1. The smallest absolute Gasteiger partial charge is 0.343 e. The maximum absolute atomic E-state index is 13.1. The van der Waals surface area contributed by atoms with E-state index in [9.17, 15) is 19.2 Å². The first-order valence-electron chi connectivity index (χ1n) is 11.1. The summed E-state index contributed by atoms with van der Waals surface area (Å²) in [7, 11) is 1.20. The van der Waals surface area contributed by atoms with Crippen molar-refractivity contribution in [2.24, 2.45) is 0 Å². The fourth-order valence-electron chi connectivity index (χ4n) is 3.58. The van der Waals surface area contributed by atoms with Gasteiger partial charge in [0.1, 0.15) is 10.7 Å². The van der Waals surface area contributed by atoms with E-state index >= 15 is 0 Å². The number of rotatable bonds is 8. The van der Waals surface area contributed by atoms with Gasteiger partial charge in [0.2, 0.25) is 0 Å². The highest BCUT2D eigenvalue weighted by Crippen LogP contribution is 2.33. The number of anilines is 2. The van der Waals surface area contributed by atoms with Crippen LogP contribution in [0.5, 0.6) is 11.5 Å². The average Bonchev–Trinajstić information content (AvgIpc) is 3.12. The summed E-state index contributed by atoms with van der Waals surface area (Å²) in [6, 6.07) is 18.9. The van der Waals surface area contributed by atoms with Crippen molar-refractivity contribution in [3.05, 3.63) is 94.7 Å². The maximum atomic E-state index is 13.1. The predicted octanol–water partition coefficient (Wildman–Crippen LogP) is 4.53. The zero-order valence-electron chi connectivity index (χ0n) is 19.8. The van der Waals surface area contributed by atoms with Gasteiger partial charge in [0.25, 0.3) is 11.8 Å². The quantitative estimate of drug-likeness (QED) is 0.262. The van der Waals surface area contributed by atoms with Gasteiger partial charge in [0.15, 0.2) is 11.5 Å². The van der Waals surface area contributed by atoms with Gasteiger partial charge in [0, 0.05) is 5.69 Å². The van der Waals surface area contributed by atoms with E-state index in [4.69, 9.17) is 25.8 Å². The van der Waals surface area contributed by atoms with Crippen LogP contribution in [0.2, 0.25) is 0 Å². The number of carbonyl (C=O) groups excluding carboxylic acids is 4. The molecular weight excluding hydrogens is 500 g/mol. The molecule has 2 amide bonds. The van der Waals surface area contributed by atoms with Crippen molar-refractivity contribution in [1.82, 2.24) is 0 Å². The van der Waals surface area contributed by atoms with Gasteiger partial charge in [-0.3, -0.25) is 9.59 Å². The van der Waals surface area contributed by atoms with Crippen molar-refractivity contribution in [3.8, 4) is 11.5 Å². The number of amides is 2. The maximum Gasteiger partial charge on any atom is 0.343 e. The predicted molar refractivity (Wildman–Crippen MR) is 136 cm³/mol. The molecule has 1 N–H and O–H groups in total. The van der Waals surface area contributed by atoms with Crippen LogP contribution in [0, 0.1) is 0 Å². The lowest BCUT2D eigenvalue weighted by Gasteiger charge is -2.17. The zero-order valence-corrected chi connectivity index (χ0v) is 20.6. The van der Waals surface area contributed by atoms with Gasteiger partial charge in [-0.25, -0.2) is 14.5 Å². The largest absolute Gasteiger partial charge is 0.490 e. The van der Waals surface area contributed by atoms with E-state index in [-0.39, 0.29) is 33.3 Å². The molecule has 0 saturated carbocycles. The Morgan fingerprint density at radius 2 is 1.51 bits per heavy atom. The second kappa shape index (κ2) is 11.0. The molecule has 0 bridgehead atoms. The standard InChI is InChI=1S/C27H21ClN2O7/c1-3-36-20-10-6-7-11-21(20)37-26(33)16-12-14-17(15-13-16)29-23-22(28)24(31)30(25(23)32)19-9-5-4-8-18(19)27(34)35-2/h4-15,29H,3H2,1-2H3. The Morgan fingerprint density at radius 3 is 2.19 bits per heavy atom. The molecule has 0 spiro atoms. The monoisotopic (exact) mass is 520 g/mol. The lowest BCUT2D eigenvalue weighted by atomic mass is 10.1. The Labute approximate surface area is 217 Å². The Kier molecular flexibility index (Phi) is 7.55. The number of methoxy groups -OCH3 is 1. The second-order valence-electron chi connectivity index (χ2n) is 7.62. The number of imide groups is 1. The third-order valence-corrected chi connectivity index (χ3v) is 5.67. The van der Waals surface area contributed by atoms with Gasteiger partial charge in [-0.2, -0.15) is 0 Å². The Balaban J connectivity index is 1.51. The minimum atomic E-state index is -0.793. The molecule has 188 valence electrons. The second-order valence-corrected chi connectivity index (χ2v) is 7.99.